The van der Waals surface area contributed by atoms with Crippen molar-refractivity contribution in [3.05, 3.63) is 11.8 Å². The molecule has 0 aliphatic heterocycles. The summed E-state index contributed by atoms with van der Waals surface area (Å²) in [5.41, 5.74) is 5.83. The molecule has 1 aromatic rings. The molecule has 0 saturated carbocycles. The highest BCUT2D eigenvalue weighted by atomic mass is 32.2. The van der Waals surface area contributed by atoms with E-state index < -0.39 is 15.7 Å². The SMILES string of the molecule is Cn1ncc(CNS(=O)(=O)NC(C)(C)C)c1N. The van der Waals surface area contributed by atoms with Gasteiger partial charge in [0.25, 0.3) is 10.2 Å². The summed E-state index contributed by atoms with van der Waals surface area (Å²) in [6.45, 7) is 5.42. The van der Waals surface area contributed by atoms with Crippen molar-refractivity contribution >= 4 is 16.0 Å². The number of rotatable bonds is 4. The van der Waals surface area contributed by atoms with Crippen molar-refractivity contribution in [2.24, 2.45) is 7.05 Å². The predicted octanol–water partition coefficient (Wildman–Crippen LogP) is -0.275. The van der Waals surface area contributed by atoms with Crippen LogP contribution >= 0.6 is 0 Å². The van der Waals surface area contributed by atoms with Gasteiger partial charge in [0.05, 0.1) is 6.20 Å². The summed E-state index contributed by atoms with van der Waals surface area (Å²) >= 11 is 0. The van der Waals surface area contributed by atoms with Crippen LogP contribution in [0.25, 0.3) is 0 Å². The number of nitrogens with one attached hydrogen (secondary N) is 2. The molecule has 4 N–H and O–H groups in total. The third kappa shape index (κ3) is 4.33. The first kappa shape index (κ1) is 13.9. The first-order valence-corrected chi connectivity index (χ1v) is 6.64. The van der Waals surface area contributed by atoms with Gasteiger partial charge in [-0.15, -0.1) is 0 Å². The molecule has 0 fully saturated rings. The average molecular weight is 261 g/mol. The summed E-state index contributed by atoms with van der Waals surface area (Å²) in [4.78, 5) is 0. The largest absolute Gasteiger partial charge is 0.384 e. The number of anilines is 1. The van der Waals surface area contributed by atoms with Gasteiger partial charge < -0.3 is 5.73 Å². The molecule has 0 spiro atoms. The van der Waals surface area contributed by atoms with Crippen LogP contribution in [0.3, 0.4) is 0 Å². The number of hydrogen-bond donors (Lipinski definition) is 3. The maximum absolute atomic E-state index is 11.6. The fraction of sp³-hybridized carbons (Fsp3) is 0.667. The van der Waals surface area contributed by atoms with Crippen molar-refractivity contribution in [3.8, 4) is 0 Å². The van der Waals surface area contributed by atoms with E-state index in [4.69, 9.17) is 5.73 Å². The molecule has 0 saturated heterocycles. The Morgan fingerprint density at radius 3 is 2.47 bits per heavy atom. The van der Waals surface area contributed by atoms with Crippen LogP contribution in [-0.2, 0) is 23.8 Å². The number of aromatic nitrogens is 2. The lowest BCUT2D eigenvalue weighted by Gasteiger charge is -2.20. The second-order valence-corrected chi connectivity index (χ2v) is 6.35. The number of nitrogens with zero attached hydrogens (tertiary/aromatic N) is 2. The molecule has 7 nitrogen and oxygen atoms in total. The van der Waals surface area contributed by atoms with Gasteiger partial charge in [0.15, 0.2) is 0 Å². The Hall–Kier alpha value is -1.12. The van der Waals surface area contributed by atoms with Gasteiger partial charge in [-0.3, -0.25) is 4.68 Å². The molecule has 0 bridgehead atoms. The minimum absolute atomic E-state index is 0.116. The zero-order valence-electron chi connectivity index (χ0n) is 10.5. The van der Waals surface area contributed by atoms with Gasteiger partial charge in [-0.2, -0.15) is 23.0 Å². The van der Waals surface area contributed by atoms with E-state index in [1.165, 1.54) is 10.9 Å². The molecule has 17 heavy (non-hydrogen) atoms. The molecule has 1 rings (SSSR count). The standard InChI is InChI=1S/C9H19N5O2S/c1-9(2,3)13-17(15,16)12-6-7-5-11-14(4)8(7)10/h5,12-13H,6,10H2,1-4H3. The number of nitrogen functional groups attached to an aromatic ring is 1. The third-order valence-corrected chi connectivity index (χ3v) is 3.36. The highest BCUT2D eigenvalue weighted by Gasteiger charge is 2.19. The quantitative estimate of drug-likeness (QED) is 0.694. The number of aryl methyl sites for hydroxylation is 1. The third-order valence-electron chi connectivity index (χ3n) is 1.96. The summed E-state index contributed by atoms with van der Waals surface area (Å²) in [7, 11) is -1.84. The summed E-state index contributed by atoms with van der Waals surface area (Å²) < 4.78 is 29.7. The van der Waals surface area contributed by atoms with Crippen LogP contribution in [0.2, 0.25) is 0 Å². The van der Waals surface area contributed by atoms with Crippen LogP contribution in [0.4, 0.5) is 5.82 Å². The summed E-state index contributed by atoms with van der Waals surface area (Å²) in [5.74, 6) is 0.448. The van der Waals surface area contributed by atoms with Gasteiger partial charge in [-0.25, -0.2) is 0 Å². The van der Waals surface area contributed by atoms with Crippen LogP contribution in [0.5, 0.6) is 0 Å². The minimum atomic E-state index is -3.54. The predicted molar refractivity (Wildman–Crippen MR) is 66.3 cm³/mol. The van der Waals surface area contributed by atoms with E-state index in [0.717, 1.165) is 0 Å². The molecular weight excluding hydrogens is 242 g/mol. The van der Waals surface area contributed by atoms with Crippen molar-refractivity contribution in [1.82, 2.24) is 19.2 Å². The van der Waals surface area contributed by atoms with E-state index in [1.807, 2.05) is 0 Å². The smallest absolute Gasteiger partial charge is 0.277 e. The summed E-state index contributed by atoms with van der Waals surface area (Å²) in [6, 6.07) is 0. The molecule has 8 heteroatoms. The van der Waals surface area contributed by atoms with E-state index in [0.29, 0.717) is 11.4 Å². The first-order valence-electron chi connectivity index (χ1n) is 5.16. The Bertz CT molecular complexity index is 486. The highest BCUT2D eigenvalue weighted by Crippen LogP contribution is 2.09. The summed E-state index contributed by atoms with van der Waals surface area (Å²) in [6.07, 6.45) is 1.54. The Labute approximate surface area is 102 Å². The number of hydrogen-bond acceptors (Lipinski definition) is 4. The highest BCUT2D eigenvalue weighted by molar-refractivity contribution is 7.87. The van der Waals surface area contributed by atoms with Crippen LogP contribution in [-0.4, -0.2) is 23.7 Å². The molecule has 98 valence electrons. The zero-order chi connectivity index (χ0) is 13.3. The maximum Gasteiger partial charge on any atom is 0.277 e. The van der Waals surface area contributed by atoms with Crippen LogP contribution in [0.1, 0.15) is 26.3 Å². The zero-order valence-corrected chi connectivity index (χ0v) is 11.3. The van der Waals surface area contributed by atoms with Gasteiger partial charge in [-0.1, -0.05) is 0 Å². The van der Waals surface area contributed by atoms with Crippen molar-refractivity contribution in [2.75, 3.05) is 5.73 Å². The van der Waals surface area contributed by atoms with Gasteiger partial charge in [-0.05, 0) is 20.8 Å². The molecule has 0 aliphatic rings. The molecule has 0 aromatic carbocycles. The van der Waals surface area contributed by atoms with Crippen molar-refractivity contribution in [2.45, 2.75) is 32.9 Å². The number of nitrogens with two attached hydrogens (primary N) is 1. The van der Waals surface area contributed by atoms with Crippen LogP contribution in [0, 0.1) is 0 Å². The van der Waals surface area contributed by atoms with E-state index in [-0.39, 0.29) is 6.54 Å². The van der Waals surface area contributed by atoms with E-state index in [1.54, 1.807) is 27.8 Å². The van der Waals surface area contributed by atoms with E-state index in [2.05, 4.69) is 14.5 Å². The summed E-state index contributed by atoms with van der Waals surface area (Å²) in [5, 5.41) is 3.93. The van der Waals surface area contributed by atoms with Crippen LogP contribution < -0.4 is 15.2 Å². The van der Waals surface area contributed by atoms with Gasteiger partial charge in [0, 0.05) is 24.7 Å². The normalized spacial score (nSPS) is 12.9. The molecule has 0 atom stereocenters. The fourth-order valence-electron chi connectivity index (χ4n) is 1.24. The van der Waals surface area contributed by atoms with Gasteiger partial charge in [0.2, 0.25) is 0 Å². The van der Waals surface area contributed by atoms with Gasteiger partial charge in [0.1, 0.15) is 5.82 Å². The maximum atomic E-state index is 11.6. The second kappa shape index (κ2) is 4.63. The lowest BCUT2D eigenvalue weighted by atomic mass is 10.1. The molecular formula is C9H19N5O2S. The Morgan fingerprint density at radius 1 is 1.47 bits per heavy atom. The van der Waals surface area contributed by atoms with E-state index >= 15 is 0 Å². The van der Waals surface area contributed by atoms with E-state index in [9.17, 15) is 8.42 Å². The fourth-order valence-corrected chi connectivity index (χ4v) is 2.46. The van der Waals surface area contributed by atoms with Crippen molar-refractivity contribution in [3.63, 3.8) is 0 Å². The van der Waals surface area contributed by atoms with Crippen molar-refractivity contribution in [1.29, 1.82) is 0 Å². The van der Waals surface area contributed by atoms with Crippen LogP contribution in [0.15, 0.2) is 6.20 Å². The monoisotopic (exact) mass is 261 g/mol. The molecule has 1 heterocycles. The Morgan fingerprint density at radius 2 is 2.06 bits per heavy atom. The minimum Gasteiger partial charge on any atom is -0.384 e. The molecule has 0 amide bonds. The first-order chi connectivity index (χ1) is 7.61. The van der Waals surface area contributed by atoms with Gasteiger partial charge >= 0.3 is 0 Å². The van der Waals surface area contributed by atoms with Crippen molar-refractivity contribution < 1.29 is 8.42 Å². The molecule has 0 aliphatic carbocycles. The molecule has 0 unspecified atom stereocenters. The molecule has 1 aromatic heterocycles. The second-order valence-electron chi connectivity index (χ2n) is 4.86. The topological polar surface area (TPSA) is 102 Å². The molecule has 0 radical (unpaired) electrons. The average Bonchev–Trinajstić information content (AvgIpc) is 2.41. The lowest BCUT2D eigenvalue weighted by Crippen LogP contribution is -2.46. The lowest BCUT2D eigenvalue weighted by molar-refractivity contribution is 0.483. The Balaban J connectivity index is 2.65. The Kier molecular flexibility index (Phi) is 3.80.